The van der Waals surface area contributed by atoms with Crippen LogP contribution in [0, 0.1) is 46.3 Å². The third kappa shape index (κ3) is 5.02. The Morgan fingerprint density at radius 1 is 0.974 bits per heavy atom. The van der Waals surface area contributed by atoms with Gasteiger partial charge in [-0.15, -0.1) is 0 Å². The smallest absolute Gasteiger partial charge is 0.338 e. The molecule has 0 amide bonds. The van der Waals surface area contributed by atoms with E-state index in [1.54, 1.807) is 23.8 Å². The molecule has 4 heteroatoms. The fourth-order valence-corrected chi connectivity index (χ4v) is 9.77. The predicted octanol–water partition coefficient (Wildman–Crippen LogP) is 8.42. The number of ether oxygens (including phenoxy) is 1. The van der Waals surface area contributed by atoms with E-state index >= 15 is 0 Å². The van der Waals surface area contributed by atoms with Crippen molar-refractivity contribution in [1.29, 1.82) is 0 Å². The second kappa shape index (κ2) is 10.5. The van der Waals surface area contributed by atoms with Crippen LogP contribution in [0.2, 0.25) is 0 Å². The summed E-state index contributed by atoms with van der Waals surface area (Å²) in [6.45, 7) is 12.5. The number of rotatable bonds is 7. The van der Waals surface area contributed by atoms with Gasteiger partial charge in [-0.2, -0.15) is 0 Å². The first-order chi connectivity index (χ1) is 18.0. The van der Waals surface area contributed by atoms with Gasteiger partial charge in [0.05, 0.1) is 5.56 Å². The van der Waals surface area contributed by atoms with Gasteiger partial charge in [0.15, 0.2) is 0 Å². The van der Waals surface area contributed by atoms with Gasteiger partial charge in [0.2, 0.25) is 0 Å². The van der Waals surface area contributed by atoms with Crippen molar-refractivity contribution in [1.82, 2.24) is 0 Å². The molecule has 0 radical (unpaired) electrons. The Labute approximate surface area is 231 Å². The average molecular weight is 521 g/mol. The zero-order valence-electron chi connectivity index (χ0n) is 24.6. The molecule has 38 heavy (non-hydrogen) atoms. The largest absolute Gasteiger partial charge is 0.458 e. The van der Waals surface area contributed by atoms with Gasteiger partial charge < -0.3 is 16.2 Å². The molecule has 3 fully saturated rings. The number of allylic oxidation sites excluding steroid dienone is 1. The highest BCUT2D eigenvalue weighted by Gasteiger charge is 2.59. The van der Waals surface area contributed by atoms with Crippen LogP contribution in [0.15, 0.2) is 29.8 Å². The van der Waals surface area contributed by atoms with Gasteiger partial charge >= 0.3 is 5.97 Å². The van der Waals surface area contributed by atoms with Crippen molar-refractivity contribution >= 4 is 17.3 Å². The first-order valence-corrected chi connectivity index (χ1v) is 15.6. The van der Waals surface area contributed by atoms with Crippen molar-refractivity contribution in [3.8, 4) is 0 Å². The Bertz CT molecular complexity index is 1040. The molecule has 8 atom stereocenters. The Hall–Kier alpha value is -1.97. The molecule has 0 aliphatic heterocycles. The number of nitrogens with two attached hydrogens (primary N) is 2. The molecular weight excluding hydrogens is 468 g/mol. The van der Waals surface area contributed by atoms with Crippen molar-refractivity contribution in [2.24, 2.45) is 46.3 Å². The lowest BCUT2D eigenvalue weighted by Crippen LogP contribution is -2.51. The standard InChI is InChI=1S/C34H52N2O2/c1-21(2)7-6-8-22(3)29-11-12-30-28-10-9-24-19-27(38-32(37)23-17-25(35)20-26(36)18-23)13-15-33(24,4)31(28)14-16-34(29,30)5/h9,17-18,20-22,27-31H,6-8,10-16,19,35-36H2,1-5H3/t22?,27?,28?,29?,30?,31?,33-,34?/m0/s1. The summed E-state index contributed by atoms with van der Waals surface area (Å²) in [6, 6.07) is 4.99. The van der Waals surface area contributed by atoms with Gasteiger partial charge in [-0.1, -0.05) is 65.5 Å². The second-order valence-corrected chi connectivity index (χ2v) is 14.4. The van der Waals surface area contributed by atoms with E-state index in [0.29, 0.717) is 22.4 Å². The first kappa shape index (κ1) is 27.6. The minimum atomic E-state index is -0.306. The Morgan fingerprint density at radius 3 is 2.42 bits per heavy atom. The van der Waals surface area contributed by atoms with Gasteiger partial charge in [-0.25, -0.2) is 4.79 Å². The molecule has 0 aromatic heterocycles. The second-order valence-electron chi connectivity index (χ2n) is 14.4. The van der Waals surface area contributed by atoms with Crippen molar-refractivity contribution in [3.05, 3.63) is 35.4 Å². The number of carbonyl (C=O) groups is 1. The summed E-state index contributed by atoms with van der Waals surface area (Å²) in [4.78, 5) is 12.9. The maximum absolute atomic E-state index is 12.9. The van der Waals surface area contributed by atoms with Crippen LogP contribution in [-0.2, 0) is 4.74 Å². The topological polar surface area (TPSA) is 78.3 Å². The molecule has 3 saturated carbocycles. The van der Waals surface area contributed by atoms with Crippen molar-refractivity contribution < 1.29 is 9.53 Å². The molecule has 4 aliphatic carbocycles. The van der Waals surface area contributed by atoms with Crippen LogP contribution < -0.4 is 11.5 Å². The summed E-state index contributed by atoms with van der Waals surface area (Å²) < 4.78 is 6.00. The van der Waals surface area contributed by atoms with Crippen molar-refractivity contribution in [2.75, 3.05) is 11.5 Å². The fraction of sp³-hybridized carbons (Fsp3) is 0.735. The van der Waals surface area contributed by atoms with Gasteiger partial charge in [0.1, 0.15) is 6.10 Å². The van der Waals surface area contributed by atoms with Gasteiger partial charge in [-0.3, -0.25) is 0 Å². The SMILES string of the molecule is CC(C)CCCC(C)C1CCC2C3CC=C4CC(OC(=O)c5cc(N)cc(N)c5)CC[C@]4(C)C3CCC12C. The number of fused-ring (bicyclic) bond motifs is 5. The summed E-state index contributed by atoms with van der Waals surface area (Å²) in [6.07, 6.45) is 16.5. The minimum Gasteiger partial charge on any atom is -0.458 e. The summed E-state index contributed by atoms with van der Waals surface area (Å²) in [7, 11) is 0. The van der Waals surface area contributed by atoms with E-state index in [4.69, 9.17) is 16.2 Å². The summed E-state index contributed by atoms with van der Waals surface area (Å²) in [5, 5.41) is 0. The molecule has 0 saturated heterocycles. The summed E-state index contributed by atoms with van der Waals surface area (Å²) in [5.74, 6) is 4.74. The Kier molecular flexibility index (Phi) is 7.66. The predicted molar refractivity (Wildman–Crippen MR) is 158 cm³/mol. The highest BCUT2D eigenvalue weighted by Crippen LogP contribution is 2.67. The monoisotopic (exact) mass is 520 g/mol. The van der Waals surface area contributed by atoms with Gasteiger partial charge in [0.25, 0.3) is 0 Å². The number of hydrogen-bond donors (Lipinski definition) is 2. The number of anilines is 2. The quantitative estimate of drug-likeness (QED) is 0.215. The molecule has 1 aromatic carbocycles. The number of nitrogen functional groups attached to an aromatic ring is 2. The Morgan fingerprint density at radius 2 is 1.71 bits per heavy atom. The van der Waals surface area contributed by atoms with E-state index < -0.39 is 0 Å². The molecule has 1 aromatic rings. The zero-order chi connectivity index (χ0) is 27.2. The van der Waals surface area contributed by atoms with Crippen LogP contribution in [0.4, 0.5) is 11.4 Å². The maximum atomic E-state index is 12.9. The lowest BCUT2D eigenvalue weighted by Gasteiger charge is -2.58. The molecule has 210 valence electrons. The third-order valence-corrected chi connectivity index (χ3v) is 11.7. The highest BCUT2D eigenvalue weighted by molar-refractivity contribution is 5.91. The Balaban J connectivity index is 1.25. The van der Waals surface area contributed by atoms with E-state index in [9.17, 15) is 4.79 Å². The van der Waals surface area contributed by atoms with Gasteiger partial charge in [-0.05, 0) is 109 Å². The molecule has 5 rings (SSSR count). The van der Waals surface area contributed by atoms with Crippen LogP contribution in [0.25, 0.3) is 0 Å². The van der Waals surface area contributed by atoms with Gasteiger partial charge in [0, 0.05) is 17.8 Å². The van der Waals surface area contributed by atoms with E-state index in [1.807, 2.05) is 0 Å². The fourth-order valence-electron chi connectivity index (χ4n) is 9.77. The van der Waals surface area contributed by atoms with Crippen molar-refractivity contribution in [3.63, 3.8) is 0 Å². The zero-order valence-corrected chi connectivity index (χ0v) is 24.6. The average Bonchev–Trinajstić information content (AvgIpc) is 3.20. The van der Waals surface area contributed by atoms with E-state index in [-0.39, 0.29) is 17.5 Å². The number of esters is 1. The molecule has 0 bridgehead atoms. The van der Waals surface area contributed by atoms with Crippen LogP contribution in [0.5, 0.6) is 0 Å². The number of benzene rings is 1. The first-order valence-electron chi connectivity index (χ1n) is 15.6. The number of hydrogen-bond acceptors (Lipinski definition) is 4. The summed E-state index contributed by atoms with van der Waals surface area (Å²) >= 11 is 0. The third-order valence-electron chi connectivity index (χ3n) is 11.7. The maximum Gasteiger partial charge on any atom is 0.338 e. The molecular formula is C34H52N2O2. The van der Waals surface area contributed by atoms with E-state index in [1.165, 1.54) is 51.4 Å². The molecule has 7 unspecified atom stereocenters. The van der Waals surface area contributed by atoms with Crippen LogP contribution >= 0.6 is 0 Å². The summed E-state index contributed by atoms with van der Waals surface area (Å²) in [5.41, 5.74) is 15.6. The molecule has 0 heterocycles. The van der Waals surface area contributed by atoms with E-state index in [0.717, 1.165) is 54.8 Å². The lowest BCUT2D eigenvalue weighted by molar-refractivity contribution is -0.0594. The molecule has 4 N–H and O–H groups in total. The molecule has 4 aliphatic rings. The van der Waals surface area contributed by atoms with Crippen LogP contribution in [0.1, 0.15) is 116 Å². The normalized spacial score (nSPS) is 37.1. The van der Waals surface area contributed by atoms with Crippen molar-refractivity contribution in [2.45, 2.75) is 111 Å². The lowest BCUT2D eigenvalue weighted by atomic mass is 9.47. The van der Waals surface area contributed by atoms with E-state index in [2.05, 4.69) is 40.7 Å². The van der Waals surface area contributed by atoms with Crippen LogP contribution in [0.3, 0.4) is 0 Å². The molecule has 0 spiro atoms. The van der Waals surface area contributed by atoms with Crippen LogP contribution in [-0.4, -0.2) is 12.1 Å². The minimum absolute atomic E-state index is 0.0579. The highest BCUT2D eigenvalue weighted by atomic mass is 16.5. The molecule has 4 nitrogen and oxygen atoms in total. The number of carbonyl (C=O) groups excluding carboxylic acids is 1.